The molecule has 0 heterocycles. The minimum absolute atomic E-state index is 0.685. The van der Waals surface area contributed by atoms with Gasteiger partial charge < -0.3 is 10.1 Å². The van der Waals surface area contributed by atoms with Crippen LogP contribution in [0.1, 0.15) is 31.7 Å². The van der Waals surface area contributed by atoms with E-state index in [-0.39, 0.29) is 0 Å². The number of nitrogens with one attached hydrogen (secondary N) is 1. The van der Waals surface area contributed by atoms with E-state index in [0.717, 1.165) is 18.2 Å². The average Bonchev–Trinajstić information content (AvgIpc) is 3.15. The topological polar surface area (TPSA) is 21.3 Å². The molecule has 0 aliphatic heterocycles. The molecule has 0 amide bonds. The van der Waals surface area contributed by atoms with Crippen molar-refractivity contribution < 1.29 is 4.74 Å². The molecule has 2 rings (SSSR count). The van der Waals surface area contributed by atoms with E-state index in [1.165, 1.54) is 24.8 Å². The van der Waals surface area contributed by atoms with Crippen LogP contribution in [0.15, 0.2) is 24.3 Å². The second-order valence-electron chi connectivity index (χ2n) is 4.54. The lowest BCUT2D eigenvalue weighted by molar-refractivity contribution is 0.399. The van der Waals surface area contributed by atoms with Gasteiger partial charge in [-0.2, -0.15) is 0 Å². The van der Waals surface area contributed by atoms with Crippen molar-refractivity contribution >= 4 is 0 Å². The molecule has 0 radical (unpaired) electrons. The summed E-state index contributed by atoms with van der Waals surface area (Å²) < 4.78 is 5.35. The highest BCUT2D eigenvalue weighted by Gasteiger charge is 2.29. The van der Waals surface area contributed by atoms with Gasteiger partial charge in [0, 0.05) is 18.2 Å². The van der Waals surface area contributed by atoms with Gasteiger partial charge in [0.25, 0.3) is 0 Å². The van der Waals surface area contributed by atoms with E-state index in [0.29, 0.717) is 6.04 Å². The lowest BCUT2D eigenvalue weighted by atomic mass is 10.1. The number of methoxy groups -OCH3 is 1. The lowest BCUT2D eigenvalue weighted by Crippen LogP contribution is -2.29. The molecule has 16 heavy (non-hydrogen) atoms. The zero-order valence-corrected chi connectivity index (χ0v) is 10.2. The van der Waals surface area contributed by atoms with Crippen LogP contribution in [0.4, 0.5) is 0 Å². The normalized spacial score (nSPS) is 17.1. The molecule has 1 fully saturated rings. The maximum absolute atomic E-state index is 5.35. The number of ether oxygens (including phenoxy) is 1. The lowest BCUT2D eigenvalue weighted by Gasteiger charge is -2.17. The molecule has 1 aliphatic rings. The van der Waals surface area contributed by atoms with Crippen LogP contribution in [-0.4, -0.2) is 13.2 Å². The fraction of sp³-hybridized carbons (Fsp3) is 0.571. The summed E-state index contributed by atoms with van der Waals surface area (Å²) in [6.45, 7) is 3.18. The third-order valence-electron chi connectivity index (χ3n) is 3.38. The van der Waals surface area contributed by atoms with Crippen molar-refractivity contribution in [2.75, 3.05) is 7.11 Å². The molecular weight excluding hydrogens is 198 g/mol. The second-order valence-corrected chi connectivity index (χ2v) is 4.54. The van der Waals surface area contributed by atoms with Crippen LogP contribution < -0.4 is 10.1 Å². The van der Waals surface area contributed by atoms with Gasteiger partial charge >= 0.3 is 0 Å². The first-order valence-corrected chi connectivity index (χ1v) is 6.20. The summed E-state index contributed by atoms with van der Waals surface area (Å²) in [6, 6.07) is 8.92. The van der Waals surface area contributed by atoms with Crippen molar-refractivity contribution in [2.45, 2.75) is 38.8 Å². The second kappa shape index (κ2) is 5.35. The van der Waals surface area contributed by atoms with E-state index in [1.807, 2.05) is 12.1 Å². The molecule has 0 bridgehead atoms. The zero-order valence-electron chi connectivity index (χ0n) is 10.2. The van der Waals surface area contributed by atoms with Gasteiger partial charge in [0.15, 0.2) is 0 Å². The minimum Gasteiger partial charge on any atom is -0.496 e. The van der Waals surface area contributed by atoms with Crippen LogP contribution in [0.2, 0.25) is 0 Å². The Kier molecular flexibility index (Phi) is 3.83. The summed E-state index contributed by atoms with van der Waals surface area (Å²) in [5, 5.41) is 3.64. The van der Waals surface area contributed by atoms with Crippen molar-refractivity contribution in [3.63, 3.8) is 0 Å². The smallest absolute Gasteiger partial charge is 0.123 e. The van der Waals surface area contributed by atoms with Crippen LogP contribution >= 0.6 is 0 Å². The van der Waals surface area contributed by atoms with Gasteiger partial charge in [-0.3, -0.25) is 0 Å². The highest BCUT2D eigenvalue weighted by Crippen LogP contribution is 2.34. The molecule has 88 valence electrons. The number of hydrogen-bond acceptors (Lipinski definition) is 2. The molecule has 1 N–H and O–H groups in total. The van der Waals surface area contributed by atoms with Gasteiger partial charge in [-0.15, -0.1) is 0 Å². The SMILES string of the molecule is CCC(NCc1ccccc1OC)C1CC1. The molecule has 0 aromatic heterocycles. The quantitative estimate of drug-likeness (QED) is 0.794. The third kappa shape index (κ3) is 2.76. The van der Waals surface area contributed by atoms with E-state index in [1.54, 1.807) is 7.11 Å². The molecule has 2 heteroatoms. The van der Waals surface area contributed by atoms with Gasteiger partial charge in [-0.25, -0.2) is 0 Å². The summed E-state index contributed by atoms with van der Waals surface area (Å²) in [4.78, 5) is 0. The summed E-state index contributed by atoms with van der Waals surface area (Å²) in [5.41, 5.74) is 1.25. The van der Waals surface area contributed by atoms with Gasteiger partial charge in [0.2, 0.25) is 0 Å². The van der Waals surface area contributed by atoms with E-state index in [9.17, 15) is 0 Å². The molecule has 1 aromatic carbocycles. The van der Waals surface area contributed by atoms with Gasteiger partial charge in [-0.1, -0.05) is 25.1 Å². The largest absolute Gasteiger partial charge is 0.496 e. The molecule has 1 saturated carbocycles. The summed E-state index contributed by atoms with van der Waals surface area (Å²) in [5.74, 6) is 1.90. The highest BCUT2D eigenvalue weighted by atomic mass is 16.5. The Balaban J connectivity index is 1.92. The molecule has 2 nitrogen and oxygen atoms in total. The van der Waals surface area contributed by atoms with E-state index in [2.05, 4.69) is 24.4 Å². The number of para-hydroxylation sites is 1. The Labute approximate surface area is 98.0 Å². The first-order chi connectivity index (χ1) is 7.85. The van der Waals surface area contributed by atoms with Crippen molar-refractivity contribution in [3.05, 3.63) is 29.8 Å². The molecule has 1 aromatic rings. The molecule has 0 spiro atoms. The molecule has 1 unspecified atom stereocenters. The highest BCUT2D eigenvalue weighted by molar-refractivity contribution is 5.33. The summed E-state index contributed by atoms with van der Waals surface area (Å²) in [7, 11) is 1.73. The van der Waals surface area contributed by atoms with Crippen molar-refractivity contribution in [3.8, 4) is 5.75 Å². The van der Waals surface area contributed by atoms with Gasteiger partial charge in [-0.05, 0) is 31.2 Å². The Morgan fingerprint density at radius 3 is 2.75 bits per heavy atom. The molecule has 1 aliphatic carbocycles. The Morgan fingerprint density at radius 2 is 2.12 bits per heavy atom. The number of rotatable bonds is 6. The minimum atomic E-state index is 0.685. The van der Waals surface area contributed by atoms with Crippen LogP contribution in [0, 0.1) is 5.92 Å². The maximum atomic E-state index is 5.35. The van der Waals surface area contributed by atoms with E-state index in [4.69, 9.17) is 4.74 Å². The van der Waals surface area contributed by atoms with E-state index < -0.39 is 0 Å². The van der Waals surface area contributed by atoms with Crippen molar-refractivity contribution in [1.82, 2.24) is 5.32 Å². The van der Waals surface area contributed by atoms with Gasteiger partial charge in [0.05, 0.1) is 7.11 Å². The Hall–Kier alpha value is -1.02. The van der Waals surface area contributed by atoms with Crippen LogP contribution in [0.3, 0.4) is 0 Å². The standard InChI is InChI=1S/C14H21NO/c1-3-13(11-8-9-11)15-10-12-6-4-5-7-14(12)16-2/h4-7,11,13,15H,3,8-10H2,1-2H3. The van der Waals surface area contributed by atoms with Crippen molar-refractivity contribution in [2.24, 2.45) is 5.92 Å². The Morgan fingerprint density at radius 1 is 1.38 bits per heavy atom. The van der Waals surface area contributed by atoms with Crippen LogP contribution in [-0.2, 0) is 6.54 Å². The van der Waals surface area contributed by atoms with Crippen molar-refractivity contribution in [1.29, 1.82) is 0 Å². The monoisotopic (exact) mass is 219 g/mol. The number of benzene rings is 1. The molecule has 1 atom stereocenters. The third-order valence-corrected chi connectivity index (χ3v) is 3.38. The average molecular weight is 219 g/mol. The predicted octanol–water partition coefficient (Wildman–Crippen LogP) is 2.97. The van der Waals surface area contributed by atoms with E-state index >= 15 is 0 Å². The zero-order chi connectivity index (χ0) is 11.4. The van der Waals surface area contributed by atoms with Crippen LogP contribution in [0.25, 0.3) is 0 Å². The van der Waals surface area contributed by atoms with Gasteiger partial charge in [0.1, 0.15) is 5.75 Å². The summed E-state index contributed by atoms with van der Waals surface area (Å²) >= 11 is 0. The summed E-state index contributed by atoms with van der Waals surface area (Å²) in [6.07, 6.45) is 4.02. The maximum Gasteiger partial charge on any atom is 0.123 e. The first-order valence-electron chi connectivity index (χ1n) is 6.20. The molecular formula is C14H21NO. The Bertz CT molecular complexity index is 333. The first kappa shape index (κ1) is 11.5. The predicted molar refractivity (Wildman–Crippen MR) is 66.6 cm³/mol. The number of hydrogen-bond donors (Lipinski definition) is 1. The van der Waals surface area contributed by atoms with Crippen LogP contribution in [0.5, 0.6) is 5.75 Å². The molecule has 0 saturated heterocycles. The fourth-order valence-electron chi connectivity index (χ4n) is 2.23. The fourth-order valence-corrected chi connectivity index (χ4v) is 2.23.